The van der Waals surface area contributed by atoms with Gasteiger partial charge in [-0.25, -0.2) is 14.6 Å². The van der Waals surface area contributed by atoms with Crippen LogP contribution in [0.15, 0.2) is 53.4 Å². The largest absolute Gasteiger partial charge is 0.439 e. The van der Waals surface area contributed by atoms with Gasteiger partial charge >= 0.3 is 12.1 Å². The van der Waals surface area contributed by atoms with E-state index >= 15 is 0 Å². The number of carbonyl (C=O) groups excluding carboxylic acids is 4. The molecule has 3 N–H and O–H groups in total. The van der Waals surface area contributed by atoms with Crippen LogP contribution in [0.5, 0.6) is 11.6 Å². The number of amides is 6. The highest BCUT2D eigenvalue weighted by Crippen LogP contribution is 2.33. The minimum Gasteiger partial charge on any atom is -0.439 e. The van der Waals surface area contributed by atoms with Crippen molar-refractivity contribution in [3.05, 3.63) is 49.0 Å². The maximum Gasteiger partial charge on any atom is 0.328 e. The molecule has 0 aliphatic carbocycles. The average molecular weight is 449 g/mol. The molecule has 0 bridgehead atoms. The lowest BCUT2D eigenvalue weighted by atomic mass is 9.87. The van der Waals surface area contributed by atoms with E-state index < -0.39 is 29.4 Å². The minimum atomic E-state index is -1.91. The molecule has 3 aromatic rings. The highest BCUT2D eigenvalue weighted by molar-refractivity contribution is 6.27. The molecular weight excluding hydrogens is 434 g/mol. The van der Waals surface area contributed by atoms with Crippen LogP contribution in [-0.2, 0) is 9.59 Å². The fraction of sp³-hybridized carbons (Fsp3) is 0.150. The number of anilines is 1. The highest BCUT2D eigenvalue weighted by Gasteiger charge is 2.58. The number of imide groups is 2. The predicted octanol–water partition coefficient (Wildman–Crippen LogP) is 0.948. The second-order valence-electron chi connectivity index (χ2n) is 7.14. The van der Waals surface area contributed by atoms with Gasteiger partial charge in [-0.05, 0) is 30.3 Å². The number of nitrogens with one attached hydrogen (secondary N) is 3. The summed E-state index contributed by atoms with van der Waals surface area (Å²) in [6.45, 7) is 0.0819. The number of rotatable bonds is 4. The second kappa shape index (κ2) is 7.71. The Kier molecular flexibility index (Phi) is 4.70. The van der Waals surface area contributed by atoms with Crippen LogP contribution in [0.4, 0.5) is 15.3 Å². The molecule has 0 saturated carbocycles. The third-order valence-electron chi connectivity index (χ3n) is 5.22. The fourth-order valence-corrected chi connectivity index (χ4v) is 3.68. The molecule has 13 heteroatoms. The lowest BCUT2D eigenvalue weighted by Gasteiger charge is -2.45. The standard InChI is InChI=1S/C20H15N7O6/c28-16-20(17(29)25-18(30)24-16)7-8-21-19(31)27(20)12-3-6-14(22-9-12)33-13-4-1-11(2-5-13)15-26-23-10-32-15/h1-6,9-10H,7-8H2,(H,21,31)(H2,24,25,28,29,30). The van der Waals surface area contributed by atoms with Crippen molar-refractivity contribution >= 4 is 29.6 Å². The van der Waals surface area contributed by atoms with Crippen LogP contribution in [0.25, 0.3) is 11.5 Å². The first-order valence-electron chi connectivity index (χ1n) is 9.73. The molecule has 2 aromatic heterocycles. The molecule has 5 rings (SSSR count). The van der Waals surface area contributed by atoms with Crippen LogP contribution in [0.2, 0.25) is 0 Å². The Balaban J connectivity index is 1.39. The van der Waals surface area contributed by atoms with Crippen molar-refractivity contribution in [1.82, 2.24) is 31.1 Å². The van der Waals surface area contributed by atoms with Gasteiger partial charge in [0.15, 0.2) is 0 Å². The van der Waals surface area contributed by atoms with Crippen molar-refractivity contribution in [2.75, 3.05) is 11.4 Å². The van der Waals surface area contributed by atoms with E-state index in [1.165, 1.54) is 24.7 Å². The normalized spacial score (nSPS) is 17.4. The van der Waals surface area contributed by atoms with Crippen LogP contribution >= 0.6 is 0 Å². The molecule has 2 saturated heterocycles. The van der Waals surface area contributed by atoms with Gasteiger partial charge in [-0.3, -0.25) is 25.1 Å². The quantitative estimate of drug-likeness (QED) is 0.491. The van der Waals surface area contributed by atoms with Crippen LogP contribution in [0.1, 0.15) is 6.42 Å². The molecule has 1 aromatic carbocycles. The van der Waals surface area contributed by atoms with Crippen molar-refractivity contribution in [3.63, 3.8) is 0 Å². The first kappa shape index (κ1) is 20.1. The molecule has 2 aliphatic heterocycles. The minimum absolute atomic E-state index is 0.0334. The van der Waals surface area contributed by atoms with Crippen LogP contribution in [-0.4, -0.2) is 51.1 Å². The number of carbonyl (C=O) groups is 4. The van der Waals surface area contributed by atoms with Crippen LogP contribution < -0.4 is 25.6 Å². The van der Waals surface area contributed by atoms with E-state index in [1.54, 1.807) is 24.3 Å². The SMILES string of the molecule is O=C1NC(=O)C2(CCNC(=O)N2c2ccc(Oc3ccc(-c4nnco4)cc3)nc2)C(=O)N1. The summed E-state index contributed by atoms with van der Waals surface area (Å²) in [5, 5.41) is 14.2. The van der Waals surface area contributed by atoms with Gasteiger partial charge in [0.1, 0.15) is 5.75 Å². The monoisotopic (exact) mass is 449 g/mol. The average Bonchev–Trinajstić information content (AvgIpc) is 3.34. The zero-order chi connectivity index (χ0) is 23.0. The van der Waals surface area contributed by atoms with Gasteiger partial charge < -0.3 is 14.5 Å². The third kappa shape index (κ3) is 3.40. The molecule has 6 amide bonds. The number of barbiturate groups is 1. The summed E-state index contributed by atoms with van der Waals surface area (Å²) < 4.78 is 10.9. The van der Waals surface area contributed by atoms with E-state index in [1.807, 2.05) is 0 Å². The van der Waals surface area contributed by atoms with E-state index in [4.69, 9.17) is 9.15 Å². The van der Waals surface area contributed by atoms with Gasteiger partial charge in [0, 0.05) is 24.6 Å². The molecule has 2 fully saturated rings. The smallest absolute Gasteiger partial charge is 0.328 e. The number of benzene rings is 1. The molecule has 166 valence electrons. The Bertz CT molecular complexity index is 1220. The van der Waals surface area contributed by atoms with Crippen molar-refractivity contribution in [2.24, 2.45) is 0 Å². The van der Waals surface area contributed by atoms with Crippen LogP contribution in [0.3, 0.4) is 0 Å². The fourth-order valence-electron chi connectivity index (χ4n) is 3.68. The first-order chi connectivity index (χ1) is 16.0. The number of ether oxygens (including phenoxy) is 1. The molecule has 13 nitrogen and oxygen atoms in total. The molecule has 0 unspecified atom stereocenters. The van der Waals surface area contributed by atoms with Crippen molar-refractivity contribution in [3.8, 4) is 23.1 Å². The topological polar surface area (TPSA) is 169 Å². The van der Waals surface area contributed by atoms with Crippen molar-refractivity contribution in [1.29, 1.82) is 0 Å². The Morgan fingerprint density at radius 3 is 2.39 bits per heavy atom. The number of pyridine rings is 1. The molecule has 1 spiro atoms. The van der Waals surface area contributed by atoms with E-state index in [-0.39, 0.29) is 24.5 Å². The predicted molar refractivity (Wildman–Crippen MR) is 109 cm³/mol. The molecule has 2 aliphatic rings. The third-order valence-corrected chi connectivity index (χ3v) is 5.22. The Hall–Kier alpha value is -4.81. The van der Waals surface area contributed by atoms with Gasteiger partial charge in [0.05, 0.1) is 11.9 Å². The van der Waals surface area contributed by atoms with Gasteiger partial charge in [-0.2, -0.15) is 0 Å². The lowest BCUT2D eigenvalue weighted by Crippen LogP contribution is -2.77. The van der Waals surface area contributed by atoms with E-state index in [2.05, 4.69) is 31.1 Å². The Morgan fingerprint density at radius 1 is 1.00 bits per heavy atom. The summed E-state index contributed by atoms with van der Waals surface area (Å²) in [4.78, 5) is 54.7. The van der Waals surface area contributed by atoms with Crippen molar-refractivity contribution in [2.45, 2.75) is 12.0 Å². The summed E-state index contributed by atoms with van der Waals surface area (Å²) in [5.41, 5.74) is -1.02. The van der Waals surface area contributed by atoms with E-state index in [0.717, 1.165) is 4.90 Å². The zero-order valence-corrected chi connectivity index (χ0v) is 16.8. The molecular formula is C20H15N7O6. The van der Waals surface area contributed by atoms with Crippen molar-refractivity contribution < 1.29 is 28.3 Å². The molecule has 4 heterocycles. The lowest BCUT2D eigenvalue weighted by molar-refractivity contribution is -0.138. The van der Waals surface area contributed by atoms with E-state index in [9.17, 15) is 19.2 Å². The van der Waals surface area contributed by atoms with Gasteiger partial charge in [-0.1, -0.05) is 0 Å². The summed E-state index contributed by atoms with van der Waals surface area (Å²) in [5.74, 6) is -0.700. The maximum absolute atomic E-state index is 12.7. The van der Waals surface area contributed by atoms with Gasteiger partial charge in [-0.15, -0.1) is 10.2 Å². The second-order valence-corrected chi connectivity index (χ2v) is 7.14. The van der Waals surface area contributed by atoms with Crippen LogP contribution in [0, 0.1) is 0 Å². The molecule has 33 heavy (non-hydrogen) atoms. The first-order valence-corrected chi connectivity index (χ1v) is 9.73. The summed E-state index contributed by atoms with van der Waals surface area (Å²) in [6.07, 6.45) is 2.50. The number of hydrogen-bond acceptors (Lipinski definition) is 9. The zero-order valence-electron chi connectivity index (χ0n) is 16.8. The molecule has 0 atom stereocenters. The summed E-state index contributed by atoms with van der Waals surface area (Å²) in [6, 6.07) is 8.22. The Labute approximate surface area is 185 Å². The number of aromatic nitrogens is 3. The number of nitrogens with zero attached hydrogens (tertiary/aromatic N) is 4. The Morgan fingerprint density at radius 2 is 1.76 bits per heavy atom. The molecule has 0 radical (unpaired) electrons. The van der Waals surface area contributed by atoms with Gasteiger partial charge in [0.25, 0.3) is 11.8 Å². The maximum atomic E-state index is 12.7. The summed E-state index contributed by atoms with van der Waals surface area (Å²) >= 11 is 0. The highest BCUT2D eigenvalue weighted by atomic mass is 16.5. The number of urea groups is 2. The van der Waals surface area contributed by atoms with E-state index in [0.29, 0.717) is 17.2 Å². The summed E-state index contributed by atoms with van der Waals surface area (Å²) in [7, 11) is 0. The van der Waals surface area contributed by atoms with Gasteiger partial charge in [0.2, 0.25) is 23.7 Å². The number of hydrogen-bond donors (Lipinski definition) is 3.